The molecule has 3 rings (SSSR count). The first kappa shape index (κ1) is 15.5. The van der Waals surface area contributed by atoms with Crippen molar-refractivity contribution in [2.75, 3.05) is 25.5 Å². The van der Waals surface area contributed by atoms with Crippen LogP contribution in [0.1, 0.15) is 23.2 Å². The van der Waals surface area contributed by atoms with Gasteiger partial charge < -0.3 is 15.3 Å². The fourth-order valence-electron chi connectivity index (χ4n) is 2.81. The summed E-state index contributed by atoms with van der Waals surface area (Å²) in [6, 6.07) is 9.00. The Hall–Kier alpha value is -2.40. The fraction of sp³-hybridized carbons (Fsp3) is 0.333. The Morgan fingerprint density at radius 2 is 2.09 bits per heavy atom. The SMILES string of the molecule is CNC1(CN(C)c2cncc(-c3cccc(C(=O)O)c3)c2)CC1. The number of benzene rings is 1. The van der Waals surface area contributed by atoms with Crippen LogP contribution >= 0.6 is 0 Å². The summed E-state index contributed by atoms with van der Waals surface area (Å²) in [6.45, 7) is 0.934. The molecule has 0 unspecified atom stereocenters. The minimum absolute atomic E-state index is 0.230. The van der Waals surface area contributed by atoms with E-state index in [1.165, 1.54) is 12.8 Å². The Morgan fingerprint density at radius 1 is 1.30 bits per heavy atom. The average Bonchev–Trinajstić information content (AvgIpc) is 3.35. The number of carboxylic acid groups (broad SMARTS) is 1. The fourth-order valence-corrected chi connectivity index (χ4v) is 2.81. The maximum absolute atomic E-state index is 11.1. The van der Waals surface area contributed by atoms with Gasteiger partial charge in [0.1, 0.15) is 0 Å². The summed E-state index contributed by atoms with van der Waals surface area (Å²) in [6.07, 6.45) is 6.00. The van der Waals surface area contributed by atoms with Gasteiger partial charge in [-0.25, -0.2) is 4.79 Å². The number of aromatic carboxylic acids is 1. The van der Waals surface area contributed by atoms with E-state index in [-0.39, 0.29) is 11.1 Å². The third kappa shape index (κ3) is 3.35. The number of pyridine rings is 1. The molecule has 1 heterocycles. The molecule has 1 fully saturated rings. The van der Waals surface area contributed by atoms with Gasteiger partial charge in [-0.3, -0.25) is 4.98 Å². The van der Waals surface area contributed by atoms with Gasteiger partial charge in [-0.05, 0) is 43.7 Å². The number of likely N-dealkylation sites (N-methyl/N-ethyl adjacent to an activating group) is 2. The highest BCUT2D eigenvalue weighted by Gasteiger charge is 2.41. The second-order valence-electron chi connectivity index (χ2n) is 6.20. The Morgan fingerprint density at radius 3 is 2.74 bits per heavy atom. The first-order valence-electron chi connectivity index (χ1n) is 7.72. The monoisotopic (exact) mass is 311 g/mol. The molecule has 2 aromatic rings. The Bertz CT molecular complexity index is 726. The van der Waals surface area contributed by atoms with Gasteiger partial charge in [0.15, 0.2) is 0 Å². The van der Waals surface area contributed by atoms with Gasteiger partial charge in [-0.2, -0.15) is 0 Å². The highest BCUT2D eigenvalue weighted by atomic mass is 16.4. The predicted octanol–water partition coefficient (Wildman–Crippen LogP) is 2.64. The van der Waals surface area contributed by atoms with Gasteiger partial charge in [-0.15, -0.1) is 0 Å². The number of nitrogens with one attached hydrogen (secondary N) is 1. The number of rotatable bonds is 6. The lowest BCUT2D eigenvalue weighted by molar-refractivity contribution is 0.0697. The Labute approximate surface area is 136 Å². The van der Waals surface area contributed by atoms with Crippen molar-refractivity contribution in [1.82, 2.24) is 10.3 Å². The lowest BCUT2D eigenvalue weighted by Gasteiger charge is -2.25. The molecule has 5 nitrogen and oxygen atoms in total. The molecule has 0 bridgehead atoms. The number of hydrogen-bond donors (Lipinski definition) is 2. The standard InChI is InChI=1S/C18H21N3O2/c1-19-18(6-7-18)12-21(2)16-9-15(10-20-11-16)13-4-3-5-14(8-13)17(22)23/h3-5,8-11,19H,6-7,12H2,1-2H3,(H,22,23). The maximum Gasteiger partial charge on any atom is 0.335 e. The van der Waals surface area contributed by atoms with Crippen LogP contribution in [-0.4, -0.2) is 42.2 Å². The summed E-state index contributed by atoms with van der Waals surface area (Å²) in [5, 5.41) is 12.5. The molecule has 0 spiro atoms. The molecule has 0 saturated heterocycles. The Balaban J connectivity index is 1.85. The molecule has 0 amide bonds. The van der Waals surface area contributed by atoms with Crippen LogP contribution in [-0.2, 0) is 0 Å². The Kier molecular flexibility index (Phi) is 4.05. The van der Waals surface area contributed by atoms with E-state index in [9.17, 15) is 4.79 Å². The zero-order chi connectivity index (χ0) is 16.4. The number of aromatic nitrogens is 1. The molecule has 1 aromatic heterocycles. The van der Waals surface area contributed by atoms with Crippen molar-refractivity contribution < 1.29 is 9.90 Å². The first-order chi connectivity index (χ1) is 11.0. The topological polar surface area (TPSA) is 65.5 Å². The highest BCUT2D eigenvalue weighted by molar-refractivity contribution is 5.89. The number of anilines is 1. The number of nitrogens with zero attached hydrogens (tertiary/aromatic N) is 2. The molecule has 1 saturated carbocycles. The van der Waals surface area contributed by atoms with Gasteiger partial charge in [0.2, 0.25) is 0 Å². The molecule has 23 heavy (non-hydrogen) atoms. The predicted molar refractivity (Wildman–Crippen MR) is 90.9 cm³/mol. The van der Waals surface area contributed by atoms with Crippen molar-refractivity contribution in [1.29, 1.82) is 0 Å². The zero-order valence-corrected chi connectivity index (χ0v) is 13.4. The smallest absolute Gasteiger partial charge is 0.335 e. The van der Waals surface area contributed by atoms with E-state index in [1.807, 2.05) is 19.3 Å². The van der Waals surface area contributed by atoms with Gasteiger partial charge >= 0.3 is 5.97 Å². The molecule has 1 aromatic carbocycles. The van der Waals surface area contributed by atoms with Crippen LogP contribution in [0.4, 0.5) is 5.69 Å². The van der Waals surface area contributed by atoms with Gasteiger partial charge in [0, 0.05) is 30.9 Å². The van der Waals surface area contributed by atoms with Crippen molar-refractivity contribution in [2.45, 2.75) is 18.4 Å². The molecule has 120 valence electrons. The lowest BCUT2D eigenvalue weighted by atomic mass is 10.0. The minimum Gasteiger partial charge on any atom is -0.478 e. The van der Waals surface area contributed by atoms with Crippen molar-refractivity contribution in [3.8, 4) is 11.1 Å². The highest BCUT2D eigenvalue weighted by Crippen LogP contribution is 2.36. The van der Waals surface area contributed by atoms with E-state index in [0.717, 1.165) is 23.4 Å². The first-order valence-corrected chi connectivity index (χ1v) is 7.72. The number of hydrogen-bond acceptors (Lipinski definition) is 4. The molecule has 1 aliphatic carbocycles. The third-order valence-electron chi connectivity index (χ3n) is 4.53. The third-order valence-corrected chi connectivity index (χ3v) is 4.53. The average molecular weight is 311 g/mol. The largest absolute Gasteiger partial charge is 0.478 e. The molecule has 1 aliphatic rings. The second-order valence-corrected chi connectivity index (χ2v) is 6.20. The van der Waals surface area contributed by atoms with E-state index in [4.69, 9.17) is 5.11 Å². The van der Waals surface area contributed by atoms with Crippen LogP contribution in [0.2, 0.25) is 0 Å². The number of carboxylic acids is 1. The van der Waals surface area contributed by atoms with Gasteiger partial charge in [0.05, 0.1) is 17.4 Å². The minimum atomic E-state index is -0.919. The molecular formula is C18H21N3O2. The van der Waals surface area contributed by atoms with Crippen molar-refractivity contribution in [3.63, 3.8) is 0 Å². The summed E-state index contributed by atoms with van der Waals surface area (Å²) in [5.74, 6) is -0.919. The normalized spacial score (nSPS) is 15.2. The maximum atomic E-state index is 11.1. The van der Waals surface area contributed by atoms with Crippen LogP contribution in [0.15, 0.2) is 42.7 Å². The van der Waals surface area contributed by atoms with Crippen molar-refractivity contribution >= 4 is 11.7 Å². The van der Waals surface area contributed by atoms with Crippen molar-refractivity contribution in [2.24, 2.45) is 0 Å². The van der Waals surface area contributed by atoms with Crippen molar-refractivity contribution in [3.05, 3.63) is 48.3 Å². The molecule has 0 radical (unpaired) electrons. The van der Waals surface area contributed by atoms with Crippen LogP contribution in [0, 0.1) is 0 Å². The van der Waals surface area contributed by atoms with Crippen LogP contribution in [0.3, 0.4) is 0 Å². The van der Waals surface area contributed by atoms with E-state index in [1.54, 1.807) is 24.4 Å². The summed E-state index contributed by atoms with van der Waals surface area (Å²) in [4.78, 5) is 17.6. The molecule has 0 aliphatic heterocycles. The molecule has 2 N–H and O–H groups in total. The summed E-state index contributed by atoms with van der Waals surface area (Å²) in [5.41, 5.74) is 3.33. The van der Waals surface area contributed by atoms with Crippen LogP contribution in [0.5, 0.6) is 0 Å². The van der Waals surface area contributed by atoms with E-state index in [0.29, 0.717) is 0 Å². The molecular weight excluding hydrogens is 290 g/mol. The second kappa shape index (κ2) is 6.01. The van der Waals surface area contributed by atoms with Crippen LogP contribution in [0.25, 0.3) is 11.1 Å². The van der Waals surface area contributed by atoms with E-state index < -0.39 is 5.97 Å². The van der Waals surface area contributed by atoms with E-state index >= 15 is 0 Å². The summed E-state index contributed by atoms with van der Waals surface area (Å²) < 4.78 is 0. The number of carbonyl (C=O) groups is 1. The van der Waals surface area contributed by atoms with Gasteiger partial charge in [-0.1, -0.05) is 12.1 Å². The zero-order valence-electron chi connectivity index (χ0n) is 13.4. The van der Waals surface area contributed by atoms with E-state index in [2.05, 4.69) is 28.3 Å². The summed E-state index contributed by atoms with van der Waals surface area (Å²) in [7, 11) is 4.07. The lowest BCUT2D eigenvalue weighted by Crippen LogP contribution is -2.39. The quantitative estimate of drug-likeness (QED) is 0.858. The van der Waals surface area contributed by atoms with Gasteiger partial charge in [0.25, 0.3) is 0 Å². The van der Waals surface area contributed by atoms with Crippen LogP contribution < -0.4 is 10.2 Å². The summed E-state index contributed by atoms with van der Waals surface area (Å²) >= 11 is 0. The molecule has 0 atom stereocenters. The molecule has 5 heteroatoms.